The first-order valence-electron chi connectivity index (χ1n) is 3.94. The van der Waals surface area contributed by atoms with Crippen molar-refractivity contribution in [2.24, 2.45) is 0 Å². The van der Waals surface area contributed by atoms with Gasteiger partial charge in [-0.15, -0.1) is 0 Å². The van der Waals surface area contributed by atoms with Gasteiger partial charge in [0.2, 0.25) is 0 Å². The molecule has 0 aliphatic heterocycles. The second-order valence-electron chi connectivity index (χ2n) is 2.81. The van der Waals surface area contributed by atoms with Gasteiger partial charge in [0, 0.05) is 0 Å². The van der Waals surface area contributed by atoms with Crippen LogP contribution in [0.15, 0.2) is 27.4 Å². The van der Waals surface area contributed by atoms with Crippen LogP contribution in [-0.2, 0) is 0 Å². The molecule has 0 fully saturated rings. The number of hydrogen-bond donors (Lipinski definition) is 1. The molecule has 76 valence electrons. The highest BCUT2D eigenvalue weighted by molar-refractivity contribution is 9.13. The lowest BCUT2D eigenvalue weighted by Crippen LogP contribution is -1.97. The number of aromatic carboxylic acids is 1. The van der Waals surface area contributed by atoms with E-state index in [1.807, 2.05) is 0 Å². The van der Waals surface area contributed by atoms with Crippen LogP contribution in [-0.4, -0.2) is 21.0 Å². The van der Waals surface area contributed by atoms with Gasteiger partial charge in [0.25, 0.3) is 0 Å². The highest BCUT2D eigenvalue weighted by Gasteiger charge is 2.07. The van der Waals surface area contributed by atoms with Gasteiger partial charge in [-0.2, -0.15) is 0 Å². The van der Waals surface area contributed by atoms with Gasteiger partial charge in [0.05, 0.1) is 16.6 Å². The molecule has 0 aliphatic carbocycles. The molecule has 0 saturated carbocycles. The average molecular weight is 332 g/mol. The molecule has 1 aromatic carbocycles. The monoisotopic (exact) mass is 330 g/mol. The molecule has 4 nitrogen and oxygen atoms in total. The van der Waals surface area contributed by atoms with Crippen LogP contribution in [0.1, 0.15) is 10.4 Å². The maximum absolute atomic E-state index is 10.7. The fourth-order valence-corrected chi connectivity index (χ4v) is 1.70. The van der Waals surface area contributed by atoms with Gasteiger partial charge >= 0.3 is 5.97 Å². The Labute approximate surface area is 102 Å². The molecule has 0 spiro atoms. The van der Waals surface area contributed by atoms with Crippen LogP contribution in [0.2, 0.25) is 0 Å². The van der Waals surface area contributed by atoms with E-state index in [4.69, 9.17) is 5.11 Å². The van der Waals surface area contributed by atoms with Crippen molar-refractivity contribution in [3.8, 4) is 0 Å². The third-order valence-electron chi connectivity index (χ3n) is 1.83. The van der Waals surface area contributed by atoms with E-state index < -0.39 is 5.97 Å². The third-order valence-corrected chi connectivity index (χ3v) is 3.47. The fourth-order valence-electron chi connectivity index (χ4n) is 1.14. The molecule has 1 aromatic heterocycles. The zero-order valence-electron chi connectivity index (χ0n) is 7.24. The number of nitrogens with zero attached hydrogens (tertiary/aromatic N) is 2. The second-order valence-corrected chi connectivity index (χ2v) is 4.32. The number of halogens is 2. The Morgan fingerprint density at radius 1 is 1.13 bits per heavy atom. The summed E-state index contributed by atoms with van der Waals surface area (Å²) in [5.74, 6) is -0.974. The summed E-state index contributed by atoms with van der Waals surface area (Å²) in [4.78, 5) is 19.1. The predicted octanol–water partition coefficient (Wildman–Crippen LogP) is 2.85. The lowest BCUT2D eigenvalue weighted by molar-refractivity contribution is 0.0697. The van der Waals surface area contributed by atoms with E-state index >= 15 is 0 Å². The van der Waals surface area contributed by atoms with Crippen LogP contribution in [0.25, 0.3) is 11.0 Å². The van der Waals surface area contributed by atoms with Crippen molar-refractivity contribution in [2.45, 2.75) is 0 Å². The van der Waals surface area contributed by atoms with E-state index in [1.54, 1.807) is 6.07 Å². The van der Waals surface area contributed by atoms with Gasteiger partial charge in [-0.3, -0.25) is 0 Å². The minimum atomic E-state index is -0.974. The molecule has 2 rings (SSSR count). The largest absolute Gasteiger partial charge is 0.478 e. The molecule has 2 aromatic rings. The van der Waals surface area contributed by atoms with Crippen molar-refractivity contribution in [1.82, 2.24) is 9.97 Å². The minimum absolute atomic E-state index is 0.200. The quantitative estimate of drug-likeness (QED) is 0.872. The molecular weight excluding hydrogens is 328 g/mol. The van der Waals surface area contributed by atoms with Crippen LogP contribution in [0.3, 0.4) is 0 Å². The summed E-state index contributed by atoms with van der Waals surface area (Å²) in [5, 5.41) is 8.80. The number of benzene rings is 1. The van der Waals surface area contributed by atoms with E-state index in [-0.39, 0.29) is 5.56 Å². The molecule has 1 N–H and O–H groups in total. The highest BCUT2D eigenvalue weighted by Crippen LogP contribution is 2.22. The van der Waals surface area contributed by atoms with Gasteiger partial charge in [-0.25, -0.2) is 14.8 Å². The van der Waals surface area contributed by atoms with E-state index in [2.05, 4.69) is 41.8 Å². The highest BCUT2D eigenvalue weighted by atomic mass is 79.9. The summed E-state index contributed by atoms with van der Waals surface area (Å²) in [6, 6.07) is 4.62. The van der Waals surface area contributed by atoms with Crippen molar-refractivity contribution in [2.75, 3.05) is 0 Å². The topological polar surface area (TPSA) is 63.1 Å². The van der Waals surface area contributed by atoms with Crippen molar-refractivity contribution in [3.63, 3.8) is 0 Å². The summed E-state index contributed by atoms with van der Waals surface area (Å²) in [6.45, 7) is 0. The molecule has 0 aliphatic rings. The number of hydrogen-bond acceptors (Lipinski definition) is 3. The molecule has 15 heavy (non-hydrogen) atoms. The van der Waals surface area contributed by atoms with Crippen LogP contribution in [0.5, 0.6) is 0 Å². The Bertz CT molecular complexity index is 557. The Hall–Kier alpha value is -1.01. The lowest BCUT2D eigenvalue weighted by atomic mass is 10.2. The zero-order valence-corrected chi connectivity index (χ0v) is 10.4. The van der Waals surface area contributed by atoms with Gasteiger partial charge in [0.15, 0.2) is 0 Å². The maximum Gasteiger partial charge on any atom is 0.335 e. The Morgan fingerprint density at radius 2 is 1.73 bits per heavy atom. The van der Waals surface area contributed by atoms with E-state index in [0.717, 1.165) is 0 Å². The molecule has 0 radical (unpaired) electrons. The number of carboxylic acids is 1. The van der Waals surface area contributed by atoms with Crippen LogP contribution >= 0.6 is 31.9 Å². The first-order chi connectivity index (χ1) is 7.08. The maximum atomic E-state index is 10.7. The summed E-state index contributed by atoms with van der Waals surface area (Å²) < 4.78 is 1.15. The van der Waals surface area contributed by atoms with Crippen LogP contribution in [0, 0.1) is 0 Å². The standard InChI is InChI=1S/C9H4Br2N2O2/c10-7-8(11)13-6-3-4(9(14)15)1-2-5(6)12-7/h1-3H,(H,14,15). The molecule has 0 unspecified atom stereocenters. The normalized spacial score (nSPS) is 10.5. The molecule has 0 bridgehead atoms. The van der Waals surface area contributed by atoms with Crippen molar-refractivity contribution in [3.05, 3.63) is 33.0 Å². The van der Waals surface area contributed by atoms with Gasteiger partial charge < -0.3 is 5.11 Å². The molecular formula is C9H4Br2N2O2. The number of aromatic nitrogens is 2. The number of fused-ring (bicyclic) bond motifs is 1. The van der Waals surface area contributed by atoms with Crippen molar-refractivity contribution >= 4 is 48.9 Å². The lowest BCUT2D eigenvalue weighted by Gasteiger charge is -2.00. The zero-order chi connectivity index (χ0) is 11.0. The molecule has 6 heteroatoms. The third kappa shape index (κ3) is 2.00. The summed E-state index contributed by atoms with van der Waals surface area (Å²) in [5.41, 5.74) is 1.39. The summed E-state index contributed by atoms with van der Waals surface area (Å²) in [7, 11) is 0. The van der Waals surface area contributed by atoms with E-state index in [0.29, 0.717) is 20.2 Å². The van der Waals surface area contributed by atoms with Gasteiger partial charge in [0.1, 0.15) is 9.21 Å². The van der Waals surface area contributed by atoms with E-state index in [9.17, 15) is 4.79 Å². The van der Waals surface area contributed by atoms with Crippen LogP contribution < -0.4 is 0 Å². The second kappa shape index (κ2) is 3.86. The van der Waals surface area contributed by atoms with E-state index in [1.165, 1.54) is 12.1 Å². The molecule has 0 amide bonds. The summed E-state index contributed by atoms with van der Waals surface area (Å²) in [6.07, 6.45) is 0. The SMILES string of the molecule is O=C(O)c1ccc2nc(Br)c(Br)nc2c1. The Morgan fingerprint density at radius 3 is 2.33 bits per heavy atom. The first kappa shape index (κ1) is 10.5. The minimum Gasteiger partial charge on any atom is -0.478 e. The number of rotatable bonds is 1. The first-order valence-corrected chi connectivity index (χ1v) is 5.52. The number of carboxylic acid groups (broad SMARTS) is 1. The molecule has 0 atom stereocenters. The van der Waals surface area contributed by atoms with Crippen molar-refractivity contribution in [1.29, 1.82) is 0 Å². The predicted molar refractivity (Wildman–Crippen MR) is 61.9 cm³/mol. The van der Waals surface area contributed by atoms with Crippen molar-refractivity contribution < 1.29 is 9.90 Å². The number of carbonyl (C=O) groups is 1. The molecule has 1 heterocycles. The summed E-state index contributed by atoms with van der Waals surface area (Å²) >= 11 is 6.44. The smallest absolute Gasteiger partial charge is 0.335 e. The van der Waals surface area contributed by atoms with Gasteiger partial charge in [-0.1, -0.05) is 0 Å². The van der Waals surface area contributed by atoms with Crippen LogP contribution in [0.4, 0.5) is 0 Å². The molecule has 0 saturated heterocycles. The average Bonchev–Trinajstić information content (AvgIpc) is 2.19. The Kier molecular flexibility index (Phi) is 2.70. The Balaban J connectivity index is 2.72. The fraction of sp³-hybridized carbons (Fsp3) is 0. The van der Waals surface area contributed by atoms with Gasteiger partial charge in [-0.05, 0) is 50.1 Å².